The Morgan fingerprint density at radius 1 is 1.41 bits per heavy atom. The fraction of sp³-hybridized carbons (Fsp3) is 0.545. The monoisotopic (exact) mass is 387 g/mol. The maximum absolute atomic E-state index is 6.41. The Morgan fingerprint density at radius 2 is 2.22 bits per heavy atom. The van der Waals surface area contributed by atoms with Gasteiger partial charge >= 0.3 is 0 Å². The van der Waals surface area contributed by atoms with Gasteiger partial charge in [0.15, 0.2) is 0 Å². The van der Waals surface area contributed by atoms with E-state index in [1.54, 1.807) is 6.20 Å². The van der Waals surface area contributed by atoms with E-state index in [9.17, 15) is 0 Å². The highest BCUT2D eigenvalue weighted by Gasteiger charge is 2.28. The van der Waals surface area contributed by atoms with Crippen LogP contribution in [0.1, 0.15) is 52.0 Å². The van der Waals surface area contributed by atoms with Crippen molar-refractivity contribution in [2.24, 2.45) is 16.8 Å². The number of hydrogen-bond donors (Lipinski definition) is 1. The number of anilines is 1. The molecule has 1 aromatic rings. The number of allylic oxidation sites excluding steroid dienone is 4. The van der Waals surface area contributed by atoms with Crippen LogP contribution in [0.25, 0.3) is 5.57 Å². The number of pyridine rings is 1. The maximum Gasteiger partial charge on any atom is 0.123 e. The molecule has 1 fully saturated rings. The van der Waals surface area contributed by atoms with Crippen LogP contribution in [-0.2, 0) is 4.74 Å². The van der Waals surface area contributed by atoms with Gasteiger partial charge in [0.05, 0.1) is 10.6 Å². The van der Waals surface area contributed by atoms with Gasteiger partial charge in [-0.3, -0.25) is 4.99 Å². The number of rotatable bonds is 4. The molecule has 0 aromatic carbocycles. The van der Waals surface area contributed by atoms with Crippen molar-refractivity contribution in [1.82, 2.24) is 4.98 Å². The Morgan fingerprint density at radius 3 is 2.96 bits per heavy atom. The van der Waals surface area contributed by atoms with Gasteiger partial charge in [-0.2, -0.15) is 0 Å². The Kier molecular flexibility index (Phi) is 6.38. The highest BCUT2D eigenvalue weighted by molar-refractivity contribution is 6.32. The summed E-state index contributed by atoms with van der Waals surface area (Å²) in [6.07, 6.45) is 12.1. The van der Waals surface area contributed by atoms with Gasteiger partial charge < -0.3 is 10.5 Å². The lowest BCUT2D eigenvalue weighted by Crippen LogP contribution is -2.35. The molecule has 0 amide bonds. The lowest BCUT2D eigenvalue weighted by Gasteiger charge is -2.35. The van der Waals surface area contributed by atoms with Crippen LogP contribution in [0.4, 0.5) is 5.82 Å². The molecule has 4 nitrogen and oxygen atoms in total. The summed E-state index contributed by atoms with van der Waals surface area (Å²) in [7, 11) is 0. The lowest BCUT2D eigenvalue weighted by molar-refractivity contribution is -0.0705. The minimum atomic E-state index is -0.0267. The summed E-state index contributed by atoms with van der Waals surface area (Å²) in [6, 6.07) is 1.87. The van der Waals surface area contributed by atoms with E-state index in [-0.39, 0.29) is 5.60 Å². The molecule has 146 valence electrons. The van der Waals surface area contributed by atoms with E-state index in [0.717, 1.165) is 50.1 Å². The molecule has 2 unspecified atom stereocenters. The quantitative estimate of drug-likeness (QED) is 0.759. The van der Waals surface area contributed by atoms with E-state index in [1.807, 2.05) is 6.07 Å². The van der Waals surface area contributed by atoms with Gasteiger partial charge in [0.25, 0.3) is 0 Å². The van der Waals surface area contributed by atoms with Crippen LogP contribution in [0.3, 0.4) is 0 Å². The van der Waals surface area contributed by atoms with Crippen LogP contribution in [0.15, 0.2) is 35.5 Å². The summed E-state index contributed by atoms with van der Waals surface area (Å²) in [5.41, 5.74) is 9.22. The predicted octanol–water partition coefficient (Wildman–Crippen LogP) is 5.33. The smallest absolute Gasteiger partial charge is 0.123 e. The van der Waals surface area contributed by atoms with Crippen molar-refractivity contribution in [2.75, 3.05) is 18.9 Å². The SMILES string of the molecule is CCC1CC(=NCC2CCOC(C)(C)C2)C=CC=C1c1cc(N)ncc1Cl. The average Bonchev–Trinajstić information content (AvgIpc) is 2.83. The highest BCUT2D eigenvalue weighted by Crippen LogP contribution is 2.35. The third-order valence-corrected chi connectivity index (χ3v) is 5.79. The molecule has 2 aliphatic rings. The van der Waals surface area contributed by atoms with E-state index in [1.165, 1.54) is 5.57 Å². The minimum Gasteiger partial charge on any atom is -0.384 e. The molecule has 1 aliphatic carbocycles. The maximum atomic E-state index is 6.41. The van der Waals surface area contributed by atoms with Crippen LogP contribution in [-0.4, -0.2) is 29.4 Å². The summed E-state index contributed by atoms with van der Waals surface area (Å²) >= 11 is 6.41. The van der Waals surface area contributed by atoms with Crippen molar-refractivity contribution in [3.05, 3.63) is 41.1 Å². The topological polar surface area (TPSA) is 60.5 Å². The first-order chi connectivity index (χ1) is 12.9. The first-order valence-electron chi connectivity index (χ1n) is 9.85. The van der Waals surface area contributed by atoms with E-state index in [0.29, 0.717) is 22.7 Å². The summed E-state index contributed by atoms with van der Waals surface area (Å²) in [4.78, 5) is 9.05. The van der Waals surface area contributed by atoms with Crippen molar-refractivity contribution >= 4 is 28.7 Å². The second-order valence-corrected chi connectivity index (χ2v) is 8.59. The number of nitrogens with two attached hydrogens (primary N) is 1. The standard InChI is InChI=1S/C22H30ClN3O/c1-4-16-10-17(25-13-15-8-9-27-22(2,3)12-15)6-5-7-18(16)19-11-21(24)26-14-20(19)23/h5-7,11,14-16H,4,8-10,12-13H2,1-3H3,(H2,24,26). The van der Waals surface area contributed by atoms with E-state index in [2.05, 4.69) is 44.0 Å². The molecule has 1 aromatic heterocycles. The van der Waals surface area contributed by atoms with Crippen molar-refractivity contribution < 1.29 is 4.74 Å². The number of nitrogens with zero attached hydrogens (tertiary/aromatic N) is 2. The Bertz CT molecular complexity index is 767. The van der Waals surface area contributed by atoms with Gasteiger partial charge in [-0.15, -0.1) is 0 Å². The van der Waals surface area contributed by atoms with Crippen LogP contribution in [0.2, 0.25) is 5.02 Å². The molecule has 2 atom stereocenters. The third kappa shape index (κ3) is 5.20. The number of ether oxygens (including phenoxy) is 1. The van der Waals surface area contributed by atoms with Crippen molar-refractivity contribution in [2.45, 2.75) is 52.1 Å². The zero-order chi connectivity index (χ0) is 19.4. The lowest BCUT2D eigenvalue weighted by atomic mass is 9.87. The van der Waals surface area contributed by atoms with Gasteiger partial charge in [-0.1, -0.05) is 30.7 Å². The highest BCUT2D eigenvalue weighted by atomic mass is 35.5. The number of aliphatic imine (C=N–C) groups is 1. The van der Waals surface area contributed by atoms with Crippen molar-refractivity contribution in [3.8, 4) is 0 Å². The fourth-order valence-electron chi connectivity index (χ4n) is 4.06. The van der Waals surface area contributed by atoms with Crippen molar-refractivity contribution in [1.29, 1.82) is 0 Å². The molecule has 3 rings (SSSR count). The molecule has 5 heteroatoms. The van der Waals surface area contributed by atoms with Crippen molar-refractivity contribution in [3.63, 3.8) is 0 Å². The van der Waals surface area contributed by atoms with E-state index < -0.39 is 0 Å². The normalized spacial score (nSPS) is 26.7. The molecular weight excluding hydrogens is 358 g/mol. The predicted molar refractivity (Wildman–Crippen MR) is 114 cm³/mol. The largest absolute Gasteiger partial charge is 0.384 e. The fourth-order valence-corrected chi connectivity index (χ4v) is 4.27. The molecule has 27 heavy (non-hydrogen) atoms. The average molecular weight is 388 g/mol. The van der Waals surface area contributed by atoms with Crippen LogP contribution in [0, 0.1) is 11.8 Å². The molecule has 0 spiro atoms. The molecule has 1 aliphatic heterocycles. The summed E-state index contributed by atoms with van der Waals surface area (Å²) < 4.78 is 5.83. The number of aromatic nitrogens is 1. The van der Waals surface area contributed by atoms with Crippen LogP contribution in [0.5, 0.6) is 0 Å². The van der Waals surface area contributed by atoms with Gasteiger partial charge in [0.1, 0.15) is 5.82 Å². The Hall–Kier alpha value is -1.65. The first kappa shape index (κ1) is 20.1. The van der Waals surface area contributed by atoms with Crippen LogP contribution < -0.4 is 5.73 Å². The minimum absolute atomic E-state index is 0.0267. The zero-order valence-corrected chi connectivity index (χ0v) is 17.3. The Labute approximate surface area is 167 Å². The Balaban J connectivity index is 1.74. The molecule has 2 heterocycles. The molecule has 2 N–H and O–H groups in total. The molecule has 0 bridgehead atoms. The first-order valence-corrected chi connectivity index (χ1v) is 10.2. The third-order valence-electron chi connectivity index (χ3n) is 5.49. The second kappa shape index (κ2) is 8.57. The molecule has 1 saturated heterocycles. The van der Waals surface area contributed by atoms with Crippen LogP contribution >= 0.6 is 11.6 Å². The molecule has 0 saturated carbocycles. The summed E-state index contributed by atoms with van der Waals surface area (Å²) in [5.74, 6) is 1.46. The second-order valence-electron chi connectivity index (χ2n) is 8.18. The zero-order valence-electron chi connectivity index (χ0n) is 16.5. The van der Waals surface area contributed by atoms with E-state index >= 15 is 0 Å². The molecule has 0 radical (unpaired) electrons. The van der Waals surface area contributed by atoms with Gasteiger partial charge in [0.2, 0.25) is 0 Å². The molecular formula is C22H30ClN3O. The van der Waals surface area contributed by atoms with E-state index in [4.69, 9.17) is 27.1 Å². The number of nitrogen functional groups attached to an aromatic ring is 1. The summed E-state index contributed by atoms with van der Waals surface area (Å²) in [5, 5.41) is 0.645. The number of halogens is 1. The van der Waals surface area contributed by atoms with Gasteiger partial charge in [-0.25, -0.2) is 4.98 Å². The van der Waals surface area contributed by atoms with Gasteiger partial charge in [0, 0.05) is 30.6 Å². The summed E-state index contributed by atoms with van der Waals surface area (Å²) in [6.45, 7) is 8.27. The number of hydrogen-bond acceptors (Lipinski definition) is 4. The van der Waals surface area contributed by atoms with Gasteiger partial charge in [-0.05, 0) is 69.1 Å².